The summed E-state index contributed by atoms with van der Waals surface area (Å²) in [6.45, 7) is 8.60. The van der Waals surface area contributed by atoms with Crippen molar-refractivity contribution in [3.05, 3.63) is 16.5 Å². The second-order valence-corrected chi connectivity index (χ2v) is 6.95. The molecule has 1 N–H and O–H groups in total. The van der Waals surface area contributed by atoms with Crippen LogP contribution in [-0.4, -0.2) is 45.6 Å². The van der Waals surface area contributed by atoms with Crippen LogP contribution in [0.15, 0.2) is 20.0 Å². The summed E-state index contributed by atoms with van der Waals surface area (Å²) in [4.78, 5) is 0.161. The van der Waals surface area contributed by atoms with Crippen LogP contribution in [0.3, 0.4) is 0 Å². The quantitative estimate of drug-likeness (QED) is 0.628. The Morgan fingerprint density at radius 2 is 2.10 bits per heavy atom. The topological polar surface area (TPSA) is 71.8 Å². The molecule has 0 saturated carbocycles. The van der Waals surface area contributed by atoms with Crippen molar-refractivity contribution in [2.24, 2.45) is 0 Å². The van der Waals surface area contributed by atoms with E-state index in [-0.39, 0.29) is 9.56 Å². The lowest BCUT2D eigenvalue weighted by molar-refractivity contribution is 0.135. The zero-order chi connectivity index (χ0) is 15.9. The molecule has 8 heteroatoms. The van der Waals surface area contributed by atoms with Gasteiger partial charge in [0.25, 0.3) is 0 Å². The summed E-state index contributed by atoms with van der Waals surface area (Å²) in [7, 11) is -3.58. The maximum absolute atomic E-state index is 12.6. The Hall–Kier alpha value is -0.410. The standard InChI is InChI=1S/C13H23BrN2O4S/c1-4-15-10-11-9-12(13(14)20-11)21(17,18)16(5-2)7-8-19-6-3/h9,15H,4-8,10H2,1-3H3. The van der Waals surface area contributed by atoms with E-state index in [9.17, 15) is 8.42 Å². The smallest absolute Gasteiger partial charge is 0.247 e. The van der Waals surface area contributed by atoms with E-state index in [0.717, 1.165) is 6.54 Å². The molecule has 21 heavy (non-hydrogen) atoms. The Labute approximate surface area is 135 Å². The van der Waals surface area contributed by atoms with Crippen molar-refractivity contribution in [1.29, 1.82) is 0 Å². The number of halogens is 1. The third-order valence-corrected chi connectivity index (χ3v) is 5.75. The lowest BCUT2D eigenvalue weighted by Crippen LogP contribution is -2.33. The zero-order valence-corrected chi connectivity index (χ0v) is 15.1. The molecule has 0 unspecified atom stereocenters. The average Bonchev–Trinajstić information content (AvgIpc) is 2.83. The van der Waals surface area contributed by atoms with E-state index in [4.69, 9.17) is 9.15 Å². The van der Waals surface area contributed by atoms with Gasteiger partial charge in [0.05, 0.1) is 13.2 Å². The third-order valence-electron chi connectivity index (χ3n) is 2.92. The lowest BCUT2D eigenvalue weighted by Gasteiger charge is -2.19. The van der Waals surface area contributed by atoms with Gasteiger partial charge < -0.3 is 14.5 Å². The van der Waals surface area contributed by atoms with Gasteiger partial charge >= 0.3 is 0 Å². The number of nitrogens with one attached hydrogen (secondary N) is 1. The number of hydrogen-bond acceptors (Lipinski definition) is 5. The largest absolute Gasteiger partial charge is 0.452 e. The summed E-state index contributed by atoms with van der Waals surface area (Å²) in [6, 6.07) is 1.56. The molecule has 122 valence electrons. The zero-order valence-electron chi connectivity index (χ0n) is 12.7. The maximum Gasteiger partial charge on any atom is 0.247 e. The summed E-state index contributed by atoms with van der Waals surface area (Å²) in [6.07, 6.45) is 0. The van der Waals surface area contributed by atoms with Gasteiger partial charge in [-0.25, -0.2) is 8.42 Å². The van der Waals surface area contributed by atoms with Gasteiger partial charge in [-0.1, -0.05) is 13.8 Å². The Bertz CT molecular complexity index is 530. The first kappa shape index (κ1) is 18.6. The molecule has 6 nitrogen and oxygen atoms in total. The SMILES string of the molecule is CCNCc1cc(S(=O)(=O)N(CC)CCOCC)c(Br)o1. The second kappa shape index (κ2) is 8.89. The minimum atomic E-state index is -3.58. The highest BCUT2D eigenvalue weighted by molar-refractivity contribution is 9.10. The summed E-state index contributed by atoms with van der Waals surface area (Å²) >= 11 is 3.19. The molecule has 1 aromatic heterocycles. The molecule has 0 radical (unpaired) electrons. The highest BCUT2D eigenvalue weighted by atomic mass is 79.9. The summed E-state index contributed by atoms with van der Waals surface area (Å²) < 4.78 is 37.6. The van der Waals surface area contributed by atoms with Crippen LogP contribution in [0, 0.1) is 0 Å². The van der Waals surface area contributed by atoms with Gasteiger partial charge in [0.2, 0.25) is 10.0 Å². The molecule has 0 fully saturated rings. The number of nitrogens with zero attached hydrogens (tertiary/aromatic N) is 1. The van der Waals surface area contributed by atoms with Gasteiger partial charge in [-0.2, -0.15) is 4.31 Å². The highest BCUT2D eigenvalue weighted by Crippen LogP contribution is 2.28. The highest BCUT2D eigenvalue weighted by Gasteiger charge is 2.28. The molecule has 0 aliphatic rings. The molecule has 0 amide bonds. The van der Waals surface area contributed by atoms with Crippen molar-refractivity contribution in [3.8, 4) is 0 Å². The van der Waals surface area contributed by atoms with Gasteiger partial charge in [0.1, 0.15) is 10.7 Å². The minimum Gasteiger partial charge on any atom is -0.452 e. The van der Waals surface area contributed by atoms with Gasteiger partial charge in [-0.3, -0.25) is 0 Å². The summed E-state index contributed by atoms with van der Waals surface area (Å²) in [5.41, 5.74) is 0. The number of ether oxygens (including phenoxy) is 1. The average molecular weight is 383 g/mol. The van der Waals surface area contributed by atoms with E-state index in [0.29, 0.717) is 38.6 Å². The molecule has 0 aromatic carbocycles. The van der Waals surface area contributed by atoms with E-state index in [1.54, 1.807) is 13.0 Å². The van der Waals surface area contributed by atoms with Crippen LogP contribution in [0.5, 0.6) is 0 Å². The maximum atomic E-state index is 12.6. The van der Waals surface area contributed by atoms with Gasteiger partial charge in [0, 0.05) is 25.8 Å². The Kier molecular flexibility index (Phi) is 7.89. The van der Waals surface area contributed by atoms with Crippen LogP contribution < -0.4 is 5.32 Å². The molecule has 1 rings (SSSR count). The monoisotopic (exact) mass is 382 g/mol. The number of hydrogen-bond donors (Lipinski definition) is 1. The van der Waals surface area contributed by atoms with E-state index in [2.05, 4.69) is 21.2 Å². The molecule has 0 aliphatic carbocycles. The van der Waals surface area contributed by atoms with Crippen LogP contribution in [0.25, 0.3) is 0 Å². The molecule has 1 heterocycles. The fourth-order valence-electron chi connectivity index (χ4n) is 1.81. The first-order chi connectivity index (χ1) is 9.97. The van der Waals surface area contributed by atoms with Crippen LogP contribution in [0.4, 0.5) is 0 Å². The first-order valence-electron chi connectivity index (χ1n) is 7.04. The first-order valence-corrected chi connectivity index (χ1v) is 9.27. The Balaban J connectivity index is 2.91. The van der Waals surface area contributed by atoms with Gasteiger partial charge in [-0.15, -0.1) is 0 Å². The van der Waals surface area contributed by atoms with E-state index in [1.807, 2.05) is 13.8 Å². The normalized spacial score (nSPS) is 12.2. The van der Waals surface area contributed by atoms with Crippen molar-refractivity contribution >= 4 is 26.0 Å². The van der Waals surface area contributed by atoms with Crippen molar-refractivity contribution in [1.82, 2.24) is 9.62 Å². The van der Waals surface area contributed by atoms with Gasteiger partial charge in [0.15, 0.2) is 4.67 Å². The molecule has 0 aliphatic heterocycles. The van der Waals surface area contributed by atoms with Crippen LogP contribution in [0.2, 0.25) is 0 Å². The van der Waals surface area contributed by atoms with Crippen molar-refractivity contribution in [2.75, 3.05) is 32.8 Å². The number of likely N-dealkylation sites (N-methyl/N-ethyl adjacent to an activating group) is 1. The molecular weight excluding hydrogens is 360 g/mol. The predicted octanol–water partition coefficient (Wildman–Crippen LogP) is 2.20. The van der Waals surface area contributed by atoms with Crippen LogP contribution in [0.1, 0.15) is 26.5 Å². The van der Waals surface area contributed by atoms with Gasteiger partial charge in [-0.05, 0) is 29.4 Å². The van der Waals surface area contributed by atoms with Crippen molar-refractivity contribution < 1.29 is 17.6 Å². The Morgan fingerprint density at radius 3 is 2.67 bits per heavy atom. The number of furan rings is 1. The predicted molar refractivity (Wildman–Crippen MR) is 84.7 cm³/mol. The van der Waals surface area contributed by atoms with Crippen molar-refractivity contribution in [3.63, 3.8) is 0 Å². The van der Waals surface area contributed by atoms with E-state index >= 15 is 0 Å². The number of rotatable bonds is 10. The van der Waals surface area contributed by atoms with Crippen LogP contribution in [-0.2, 0) is 21.3 Å². The summed E-state index contributed by atoms with van der Waals surface area (Å²) in [5, 5.41) is 3.10. The van der Waals surface area contributed by atoms with Crippen molar-refractivity contribution in [2.45, 2.75) is 32.2 Å². The lowest BCUT2D eigenvalue weighted by atomic mass is 10.4. The number of sulfonamides is 1. The fourth-order valence-corrected chi connectivity index (χ4v) is 4.20. The third kappa shape index (κ3) is 5.07. The second-order valence-electron chi connectivity index (χ2n) is 4.32. The molecule has 0 saturated heterocycles. The summed E-state index contributed by atoms with van der Waals surface area (Å²) in [5.74, 6) is 0.586. The molecule has 0 bridgehead atoms. The molecular formula is C13H23BrN2O4S. The fraction of sp³-hybridized carbons (Fsp3) is 0.692. The van der Waals surface area contributed by atoms with E-state index < -0.39 is 10.0 Å². The minimum absolute atomic E-state index is 0.161. The van der Waals surface area contributed by atoms with Crippen LogP contribution >= 0.6 is 15.9 Å². The van der Waals surface area contributed by atoms with E-state index in [1.165, 1.54) is 4.31 Å². The molecule has 0 spiro atoms. The molecule has 0 atom stereocenters. The molecule has 1 aromatic rings. The Morgan fingerprint density at radius 1 is 1.38 bits per heavy atom.